The number of piperidine rings is 1. The molecule has 1 aromatic carbocycles. The maximum absolute atomic E-state index is 15.1. The molecule has 1 saturated carbocycles. The molecule has 0 bridgehead atoms. The van der Waals surface area contributed by atoms with Crippen LogP contribution in [0.15, 0.2) is 30.5 Å². The van der Waals surface area contributed by atoms with Crippen molar-refractivity contribution in [1.29, 1.82) is 0 Å². The maximum atomic E-state index is 15.1. The van der Waals surface area contributed by atoms with Crippen LogP contribution in [0.5, 0.6) is 0 Å². The molecule has 13 heteroatoms. The number of carbonyl (C=O) groups is 2. The third-order valence-corrected chi connectivity index (χ3v) is 7.02. The summed E-state index contributed by atoms with van der Waals surface area (Å²) < 4.78 is 54.3. The summed E-state index contributed by atoms with van der Waals surface area (Å²) in [6.45, 7) is 0.445. The first-order valence-corrected chi connectivity index (χ1v) is 13.2. The SMILES string of the molecule is CS(=O)(=O)NCC1(c2ccc(N3CCC[C@@H](NC(=O)Nc4ncc(Cl)cc4F)C3=O)cc2F)CC1. The third kappa shape index (κ3) is 5.88. The van der Waals surface area contributed by atoms with Gasteiger partial charge in [0.05, 0.1) is 11.3 Å². The van der Waals surface area contributed by atoms with Gasteiger partial charge in [-0.1, -0.05) is 17.7 Å². The Bertz CT molecular complexity index is 1270. The number of pyridine rings is 1. The summed E-state index contributed by atoms with van der Waals surface area (Å²) in [6, 6.07) is 3.74. The van der Waals surface area contributed by atoms with Crippen LogP contribution in [-0.2, 0) is 20.2 Å². The lowest BCUT2D eigenvalue weighted by Crippen LogP contribution is -2.53. The number of nitrogens with one attached hydrogen (secondary N) is 3. The number of halogens is 3. The zero-order valence-corrected chi connectivity index (χ0v) is 20.3. The lowest BCUT2D eigenvalue weighted by Gasteiger charge is -2.33. The molecule has 0 unspecified atom stereocenters. The van der Waals surface area contributed by atoms with Gasteiger partial charge in [0.15, 0.2) is 11.6 Å². The third-order valence-electron chi connectivity index (χ3n) is 6.15. The van der Waals surface area contributed by atoms with E-state index in [1.807, 2.05) is 0 Å². The molecule has 1 aromatic heterocycles. The first-order valence-electron chi connectivity index (χ1n) is 10.9. The summed E-state index contributed by atoms with van der Waals surface area (Å²) in [6.07, 6.45) is 4.44. The summed E-state index contributed by atoms with van der Waals surface area (Å²) in [4.78, 5) is 30.4. The molecule has 0 spiro atoms. The molecule has 0 radical (unpaired) electrons. The number of anilines is 2. The molecule has 2 aromatic rings. The van der Waals surface area contributed by atoms with E-state index in [9.17, 15) is 22.4 Å². The number of benzene rings is 1. The number of sulfonamides is 1. The van der Waals surface area contributed by atoms with Crippen molar-refractivity contribution in [1.82, 2.24) is 15.0 Å². The molecule has 1 saturated heterocycles. The minimum atomic E-state index is -3.41. The first kappa shape index (κ1) is 25.3. The van der Waals surface area contributed by atoms with Gasteiger partial charge >= 0.3 is 6.03 Å². The minimum Gasteiger partial charge on any atom is -0.326 e. The van der Waals surface area contributed by atoms with E-state index in [0.29, 0.717) is 43.5 Å². The van der Waals surface area contributed by atoms with Crippen molar-refractivity contribution in [2.24, 2.45) is 0 Å². The Hall–Kier alpha value is -2.83. The van der Waals surface area contributed by atoms with Crippen molar-refractivity contribution in [2.45, 2.75) is 37.1 Å². The Kier molecular flexibility index (Phi) is 6.98. The normalized spacial score (nSPS) is 19.4. The van der Waals surface area contributed by atoms with Crippen LogP contribution in [0.2, 0.25) is 5.02 Å². The lowest BCUT2D eigenvalue weighted by molar-refractivity contribution is -0.121. The van der Waals surface area contributed by atoms with Crippen LogP contribution in [-0.4, -0.2) is 50.7 Å². The Morgan fingerprint density at radius 1 is 1.26 bits per heavy atom. The molecule has 3 amide bonds. The Morgan fingerprint density at radius 2 is 2.00 bits per heavy atom. The van der Waals surface area contributed by atoms with Gasteiger partial charge in [-0.3, -0.25) is 10.1 Å². The van der Waals surface area contributed by atoms with E-state index in [2.05, 4.69) is 20.3 Å². The van der Waals surface area contributed by atoms with Gasteiger partial charge in [0.2, 0.25) is 15.9 Å². The average molecular weight is 528 g/mol. The Morgan fingerprint density at radius 3 is 2.63 bits per heavy atom. The number of aromatic nitrogens is 1. The van der Waals surface area contributed by atoms with Crippen LogP contribution < -0.4 is 20.3 Å². The van der Waals surface area contributed by atoms with Crippen molar-refractivity contribution >= 4 is 45.1 Å². The van der Waals surface area contributed by atoms with E-state index in [1.165, 1.54) is 17.2 Å². The first-order chi connectivity index (χ1) is 16.5. The molecular weight excluding hydrogens is 504 g/mol. The minimum absolute atomic E-state index is 0.0732. The molecule has 1 aliphatic heterocycles. The smallest absolute Gasteiger partial charge is 0.321 e. The van der Waals surface area contributed by atoms with Crippen molar-refractivity contribution in [3.63, 3.8) is 0 Å². The van der Waals surface area contributed by atoms with E-state index in [0.717, 1.165) is 12.3 Å². The van der Waals surface area contributed by atoms with Crippen LogP contribution in [0.4, 0.5) is 25.1 Å². The molecule has 1 atom stereocenters. The zero-order valence-electron chi connectivity index (χ0n) is 18.8. The van der Waals surface area contributed by atoms with E-state index in [4.69, 9.17) is 11.6 Å². The highest BCUT2D eigenvalue weighted by atomic mass is 35.5. The summed E-state index contributed by atoms with van der Waals surface area (Å²) in [5, 5.41) is 4.83. The van der Waals surface area contributed by atoms with Gasteiger partial charge < -0.3 is 10.2 Å². The number of hydrogen-bond acceptors (Lipinski definition) is 5. The summed E-state index contributed by atoms with van der Waals surface area (Å²) in [5.41, 5.74) is 0.138. The number of nitrogens with zero attached hydrogens (tertiary/aromatic N) is 2. The second kappa shape index (κ2) is 9.67. The number of urea groups is 1. The number of hydrogen-bond donors (Lipinski definition) is 3. The lowest BCUT2D eigenvalue weighted by atomic mass is 9.94. The fraction of sp³-hybridized carbons (Fsp3) is 0.409. The monoisotopic (exact) mass is 527 g/mol. The summed E-state index contributed by atoms with van der Waals surface area (Å²) >= 11 is 5.65. The Labute approximate surface area is 206 Å². The number of carbonyl (C=O) groups excluding carboxylic acids is 2. The molecule has 4 rings (SSSR count). The maximum Gasteiger partial charge on any atom is 0.321 e. The highest BCUT2D eigenvalue weighted by Crippen LogP contribution is 2.49. The highest BCUT2D eigenvalue weighted by Gasteiger charge is 2.46. The second-order valence-corrected chi connectivity index (χ2v) is 11.1. The largest absolute Gasteiger partial charge is 0.326 e. The van der Waals surface area contributed by atoms with Crippen molar-refractivity contribution in [3.05, 3.63) is 52.7 Å². The van der Waals surface area contributed by atoms with Gasteiger partial charge in [0.1, 0.15) is 11.9 Å². The summed E-state index contributed by atoms with van der Waals surface area (Å²) in [7, 11) is -3.41. The van der Waals surface area contributed by atoms with Gasteiger partial charge in [0.25, 0.3) is 0 Å². The van der Waals surface area contributed by atoms with E-state index >= 15 is 4.39 Å². The van der Waals surface area contributed by atoms with Crippen LogP contribution in [0, 0.1) is 11.6 Å². The van der Waals surface area contributed by atoms with Gasteiger partial charge in [0, 0.05) is 30.4 Å². The van der Waals surface area contributed by atoms with Crippen molar-refractivity contribution in [2.75, 3.05) is 29.6 Å². The molecule has 9 nitrogen and oxygen atoms in total. The second-order valence-electron chi connectivity index (χ2n) is 8.80. The van der Waals surface area contributed by atoms with E-state index in [-0.39, 0.29) is 17.4 Å². The van der Waals surface area contributed by atoms with Crippen LogP contribution in [0.1, 0.15) is 31.2 Å². The average Bonchev–Trinajstić information content (AvgIpc) is 3.56. The van der Waals surface area contributed by atoms with Gasteiger partial charge in [-0.15, -0.1) is 0 Å². The number of amides is 3. The van der Waals surface area contributed by atoms with E-state index < -0.39 is 45.1 Å². The van der Waals surface area contributed by atoms with Crippen LogP contribution in [0.25, 0.3) is 0 Å². The molecule has 35 heavy (non-hydrogen) atoms. The zero-order chi connectivity index (χ0) is 25.4. The van der Waals surface area contributed by atoms with E-state index in [1.54, 1.807) is 12.1 Å². The van der Waals surface area contributed by atoms with Crippen LogP contribution in [0.3, 0.4) is 0 Å². The fourth-order valence-electron chi connectivity index (χ4n) is 4.14. The molecule has 1 aliphatic carbocycles. The molecule has 188 valence electrons. The van der Waals surface area contributed by atoms with Crippen molar-refractivity contribution in [3.8, 4) is 0 Å². The van der Waals surface area contributed by atoms with Gasteiger partial charge in [-0.25, -0.2) is 31.7 Å². The molecule has 3 N–H and O–H groups in total. The quantitative estimate of drug-likeness (QED) is 0.511. The topological polar surface area (TPSA) is 120 Å². The Balaban J connectivity index is 1.43. The molecule has 2 heterocycles. The van der Waals surface area contributed by atoms with Crippen LogP contribution >= 0.6 is 11.6 Å². The van der Waals surface area contributed by atoms with Gasteiger partial charge in [-0.2, -0.15) is 0 Å². The van der Waals surface area contributed by atoms with Gasteiger partial charge in [-0.05, 0) is 49.4 Å². The molecular formula is C22H24ClF2N5O4S. The highest BCUT2D eigenvalue weighted by molar-refractivity contribution is 7.88. The predicted molar refractivity (Wildman–Crippen MR) is 127 cm³/mol. The standard InChI is InChI=1S/C22H24ClF2N5O4S/c1-35(33,34)27-12-22(6-7-22)15-5-4-14(10-16(15)24)30-8-2-3-18(20(30)31)28-21(32)29-19-17(25)9-13(23)11-26-19/h4-5,9-11,18,27H,2-3,6-8,12H2,1H3,(H2,26,28,29,32)/t18-/m1/s1. The van der Waals surface area contributed by atoms with Crippen molar-refractivity contribution < 1.29 is 26.8 Å². The summed E-state index contributed by atoms with van der Waals surface area (Å²) in [5.74, 6) is -2.10. The molecule has 2 fully saturated rings. The fourth-order valence-corrected chi connectivity index (χ4v) is 4.82. The predicted octanol–water partition coefficient (Wildman–Crippen LogP) is 2.91. The number of rotatable bonds is 7. The molecule has 2 aliphatic rings.